The van der Waals surface area contributed by atoms with Crippen molar-refractivity contribution in [3.05, 3.63) is 57.6 Å². The zero-order chi connectivity index (χ0) is 15.0. The maximum absolute atomic E-state index is 12.4. The summed E-state index contributed by atoms with van der Waals surface area (Å²) >= 11 is 13.6. The van der Waals surface area contributed by atoms with Crippen LogP contribution in [0.25, 0.3) is 0 Å². The number of halogens is 2. The van der Waals surface area contributed by atoms with E-state index in [0.717, 1.165) is 6.42 Å². The van der Waals surface area contributed by atoms with Crippen LogP contribution in [0.3, 0.4) is 0 Å². The second kappa shape index (κ2) is 5.91. The first-order chi connectivity index (χ1) is 10.0. The minimum absolute atomic E-state index is 0.0435. The molecule has 0 bridgehead atoms. The van der Waals surface area contributed by atoms with Crippen molar-refractivity contribution in [1.29, 1.82) is 0 Å². The van der Waals surface area contributed by atoms with E-state index in [1.807, 2.05) is 0 Å². The molecule has 21 heavy (non-hydrogen) atoms. The quantitative estimate of drug-likeness (QED) is 0.839. The number of hydrogen-bond acceptors (Lipinski definition) is 2. The van der Waals surface area contributed by atoms with Crippen molar-refractivity contribution in [2.45, 2.75) is 23.5 Å². The summed E-state index contributed by atoms with van der Waals surface area (Å²) in [6.45, 7) is 2.06. The molecule has 0 radical (unpaired) electrons. The molecule has 1 aliphatic heterocycles. The number of benzene rings is 2. The predicted octanol–water partition coefficient (Wildman–Crippen LogP) is 4.96. The van der Waals surface area contributed by atoms with Gasteiger partial charge in [0, 0.05) is 9.92 Å². The summed E-state index contributed by atoms with van der Waals surface area (Å²) in [5.41, 5.74) is 2.99. The van der Waals surface area contributed by atoms with Gasteiger partial charge in [-0.2, -0.15) is 0 Å². The van der Waals surface area contributed by atoms with Crippen molar-refractivity contribution in [2.75, 3.05) is 5.32 Å². The van der Waals surface area contributed by atoms with Gasteiger partial charge >= 0.3 is 0 Å². The van der Waals surface area contributed by atoms with Gasteiger partial charge in [0.05, 0.1) is 16.0 Å². The van der Waals surface area contributed by atoms with E-state index in [1.165, 1.54) is 16.0 Å². The van der Waals surface area contributed by atoms with Gasteiger partial charge in [0.15, 0.2) is 0 Å². The standard InChI is InChI=1S/C16H13Cl2NOS/c1-9-2-3-10-7-15(21-14(10)6-9)16(20)19-13-8-11(17)4-5-12(13)18/h2-6,8,15H,7H2,1H3,(H,19,20)/t15-/m0/s1. The van der Waals surface area contributed by atoms with Gasteiger partial charge in [-0.15, -0.1) is 11.8 Å². The van der Waals surface area contributed by atoms with Crippen molar-refractivity contribution in [3.8, 4) is 0 Å². The van der Waals surface area contributed by atoms with Crippen molar-refractivity contribution in [2.24, 2.45) is 0 Å². The molecule has 5 heteroatoms. The minimum Gasteiger partial charge on any atom is -0.324 e. The van der Waals surface area contributed by atoms with E-state index in [-0.39, 0.29) is 11.2 Å². The van der Waals surface area contributed by atoms with Crippen LogP contribution < -0.4 is 5.32 Å². The van der Waals surface area contributed by atoms with Crippen LogP contribution in [0.1, 0.15) is 11.1 Å². The van der Waals surface area contributed by atoms with Crippen molar-refractivity contribution < 1.29 is 4.79 Å². The van der Waals surface area contributed by atoms with Gasteiger partial charge < -0.3 is 5.32 Å². The number of fused-ring (bicyclic) bond motifs is 1. The van der Waals surface area contributed by atoms with Crippen LogP contribution in [-0.4, -0.2) is 11.2 Å². The lowest BCUT2D eigenvalue weighted by atomic mass is 10.1. The molecular weight excluding hydrogens is 325 g/mol. The molecule has 108 valence electrons. The second-order valence-electron chi connectivity index (χ2n) is 5.04. The highest BCUT2D eigenvalue weighted by atomic mass is 35.5. The number of anilines is 1. The van der Waals surface area contributed by atoms with Gasteiger partial charge in [-0.25, -0.2) is 0 Å². The third-order valence-electron chi connectivity index (χ3n) is 3.38. The second-order valence-corrected chi connectivity index (χ2v) is 7.12. The van der Waals surface area contributed by atoms with Crippen LogP contribution in [-0.2, 0) is 11.2 Å². The maximum Gasteiger partial charge on any atom is 0.238 e. The molecule has 1 N–H and O–H groups in total. The maximum atomic E-state index is 12.4. The normalized spacial score (nSPS) is 16.6. The molecule has 0 saturated heterocycles. The molecule has 1 heterocycles. The van der Waals surface area contributed by atoms with Gasteiger partial charge in [0.1, 0.15) is 0 Å². The average Bonchev–Trinajstić information content (AvgIpc) is 2.86. The highest BCUT2D eigenvalue weighted by Gasteiger charge is 2.28. The van der Waals surface area contributed by atoms with Crippen LogP contribution in [0.2, 0.25) is 10.0 Å². The SMILES string of the molecule is Cc1ccc2c(c1)S[C@H](C(=O)Nc1cc(Cl)ccc1Cl)C2. The summed E-state index contributed by atoms with van der Waals surface area (Å²) in [6.07, 6.45) is 0.740. The Morgan fingerprint density at radius 3 is 2.86 bits per heavy atom. The summed E-state index contributed by atoms with van der Waals surface area (Å²) in [6, 6.07) is 11.3. The molecule has 0 spiro atoms. The third-order valence-corrected chi connectivity index (χ3v) is 5.24. The fraction of sp³-hybridized carbons (Fsp3) is 0.188. The van der Waals surface area contributed by atoms with Gasteiger partial charge in [-0.05, 0) is 43.2 Å². The van der Waals surface area contributed by atoms with Crippen molar-refractivity contribution >= 4 is 46.6 Å². The summed E-state index contributed by atoms with van der Waals surface area (Å²) in [5, 5.41) is 3.78. The topological polar surface area (TPSA) is 29.1 Å². The Kier molecular flexibility index (Phi) is 4.16. The van der Waals surface area contributed by atoms with Crippen LogP contribution in [0, 0.1) is 6.92 Å². The minimum atomic E-state index is -0.128. The molecule has 0 fully saturated rings. The third kappa shape index (κ3) is 3.20. The van der Waals surface area contributed by atoms with Crippen LogP contribution in [0.4, 0.5) is 5.69 Å². The Labute approximate surface area is 137 Å². The predicted molar refractivity (Wildman–Crippen MR) is 89.6 cm³/mol. The average molecular weight is 338 g/mol. The number of thioether (sulfide) groups is 1. The van der Waals surface area contributed by atoms with E-state index in [2.05, 4.69) is 30.4 Å². The number of hydrogen-bond donors (Lipinski definition) is 1. The summed E-state index contributed by atoms with van der Waals surface area (Å²) < 4.78 is 0. The Bertz CT molecular complexity index is 717. The molecule has 1 aliphatic rings. The van der Waals surface area contributed by atoms with E-state index in [9.17, 15) is 4.79 Å². The van der Waals surface area contributed by atoms with Gasteiger partial charge in [0.2, 0.25) is 5.91 Å². The molecule has 1 amide bonds. The fourth-order valence-corrected chi connectivity index (χ4v) is 3.92. The lowest BCUT2D eigenvalue weighted by molar-refractivity contribution is -0.115. The Morgan fingerprint density at radius 2 is 2.05 bits per heavy atom. The summed E-state index contributed by atoms with van der Waals surface area (Å²) in [4.78, 5) is 13.6. The number of rotatable bonds is 2. The van der Waals surface area contributed by atoms with Crippen molar-refractivity contribution in [1.82, 2.24) is 0 Å². The van der Waals surface area contributed by atoms with Crippen LogP contribution >= 0.6 is 35.0 Å². The lowest BCUT2D eigenvalue weighted by Gasteiger charge is -2.11. The highest BCUT2D eigenvalue weighted by Crippen LogP contribution is 2.38. The largest absolute Gasteiger partial charge is 0.324 e. The molecule has 3 rings (SSSR count). The Hall–Kier alpha value is -1.16. The number of carbonyl (C=O) groups excluding carboxylic acids is 1. The Morgan fingerprint density at radius 1 is 1.24 bits per heavy atom. The zero-order valence-corrected chi connectivity index (χ0v) is 13.6. The molecule has 2 aromatic carbocycles. The summed E-state index contributed by atoms with van der Waals surface area (Å²) in [7, 11) is 0. The van der Waals surface area contributed by atoms with Gasteiger partial charge in [-0.3, -0.25) is 4.79 Å². The first kappa shape index (κ1) is 14.8. The van der Waals surface area contributed by atoms with Gasteiger partial charge in [-0.1, -0.05) is 40.9 Å². The summed E-state index contributed by atoms with van der Waals surface area (Å²) in [5.74, 6) is -0.0435. The molecule has 0 unspecified atom stereocenters. The van der Waals surface area contributed by atoms with Crippen LogP contribution in [0.15, 0.2) is 41.3 Å². The van der Waals surface area contributed by atoms with E-state index in [0.29, 0.717) is 15.7 Å². The molecule has 2 nitrogen and oxygen atoms in total. The Balaban J connectivity index is 1.74. The number of carbonyl (C=O) groups is 1. The zero-order valence-electron chi connectivity index (χ0n) is 11.3. The van der Waals surface area contributed by atoms with E-state index < -0.39 is 0 Å². The number of aryl methyl sites for hydroxylation is 1. The van der Waals surface area contributed by atoms with E-state index in [4.69, 9.17) is 23.2 Å². The fourth-order valence-electron chi connectivity index (χ4n) is 2.29. The molecular formula is C16H13Cl2NOS. The first-order valence-corrected chi connectivity index (χ1v) is 8.18. The van der Waals surface area contributed by atoms with E-state index >= 15 is 0 Å². The van der Waals surface area contributed by atoms with Crippen molar-refractivity contribution in [3.63, 3.8) is 0 Å². The molecule has 0 aliphatic carbocycles. The molecule has 2 aromatic rings. The lowest BCUT2D eigenvalue weighted by Crippen LogP contribution is -2.24. The highest BCUT2D eigenvalue weighted by molar-refractivity contribution is 8.01. The smallest absolute Gasteiger partial charge is 0.238 e. The number of amides is 1. The molecule has 0 saturated carbocycles. The van der Waals surface area contributed by atoms with Crippen LogP contribution in [0.5, 0.6) is 0 Å². The molecule has 1 atom stereocenters. The number of nitrogens with one attached hydrogen (secondary N) is 1. The van der Waals surface area contributed by atoms with Gasteiger partial charge in [0.25, 0.3) is 0 Å². The first-order valence-electron chi connectivity index (χ1n) is 6.55. The monoisotopic (exact) mass is 337 g/mol. The molecule has 0 aromatic heterocycles. The van der Waals surface area contributed by atoms with E-state index in [1.54, 1.807) is 30.0 Å².